The lowest BCUT2D eigenvalue weighted by Gasteiger charge is -2.22. The molecule has 0 aromatic carbocycles. The first-order valence-corrected chi connectivity index (χ1v) is 9.52. The molecular formula is C14H28N2O3S. The van der Waals surface area contributed by atoms with E-state index in [1.54, 1.807) is 0 Å². The second-order valence-corrected chi connectivity index (χ2v) is 7.69. The minimum absolute atomic E-state index is 0.0463. The van der Waals surface area contributed by atoms with Gasteiger partial charge in [-0.2, -0.15) is 4.31 Å². The molecule has 1 rings (SSSR count). The summed E-state index contributed by atoms with van der Waals surface area (Å²) < 4.78 is 24.6. The molecule has 0 heterocycles. The van der Waals surface area contributed by atoms with Crippen LogP contribution in [-0.4, -0.2) is 44.0 Å². The van der Waals surface area contributed by atoms with E-state index in [0.717, 1.165) is 38.5 Å². The van der Waals surface area contributed by atoms with Gasteiger partial charge in [-0.15, -0.1) is 0 Å². The molecule has 0 bridgehead atoms. The smallest absolute Gasteiger partial charge is 0.235 e. The Morgan fingerprint density at radius 3 is 2.30 bits per heavy atom. The SMILES string of the molecule is CCCCN(CC(=O)NC1CCCCCC1)S(C)(=O)=O. The van der Waals surface area contributed by atoms with Crippen LogP contribution in [0.2, 0.25) is 0 Å². The minimum atomic E-state index is -3.31. The van der Waals surface area contributed by atoms with Crippen molar-refractivity contribution >= 4 is 15.9 Å². The van der Waals surface area contributed by atoms with Crippen molar-refractivity contribution in [3.8, 4) is 0 Å². The topological polar surface area (TPSA) is 66.5 Å². The van der Waals surface area contributed by atoms with E-state index in [2.05, 4.69) is 5.32 Å². The largest absolute Gasteiger partial charge is 0.352 e. The third-order valence-corrected chi connectivity index (χ3v) is 5.02. The van der Waals surface area contributed by atoms with E-state index in [1.807, 2.05) is 6.92 Å². The summed E-state index contributed by atoms with van der Waals surface area (Å²) in [4.78, 5) is 12.0. The van der Waals surface area contributed by atoms with Gasteiger partial charge in [-0.05, 0) is 19.3 Å². The molecule has 1 fully saturated rings. The van der Waals surface area contributed by atoms with Gasteiger partial charge in [-0.3, -0.25) is 4.79 Å². The van der Waals surface area contributed by atoms with Gasteiger partial charge in [0.2, 0.25) is 15.9 Å². The maximum Gasteiger partial charge on any atom is 0.235 e. The monoisotopic (exact) mass is 304 g/mol. The Morgan fingerprint density at radius 1 is 1.20 bits per heavy atom. The van der Waals surface area contributed by atoms with Crippen molar-refractivity contribution in [1.29, 1.82) is 0 Å². The highest BCUT2D eigenvalue weighted by Gasteiger charge is 2.21. The van der Waals surface area contributed by atoms with E-state index in [1.165, 1.54) is 23.4 Å². The highest BCUT2D eigenvalue weighted by Crippen LogP contribution is 2.17. The molecule has 0 radical (unpaired) electrons. The van der Waals surface area contributed by atoms with Crippen molar-refractivity contribution in [1.82, 2.24) is 9.62 Å². The maximum atomic E-state index is 12.0. The van der Waals surface area contributed by atoms with Crippen LogP contribution in [0, 0.1) is 0 Å². The van der Waals surface area contributed by atoms with E-state index >= 15 is 0 Å². The Hall–Kier alpha value is -0.620. The van der Waals surface area contributed by atoms with Crippen LogP contribution in [0.1, 0.15) is 58.3 Å². The lowest BCUT2D eigenvalue weighted by atomic mass is 10.1. The summed E-state index contributed by atoms with van der Waals surface area (Å²) in [6.45, 7) is 2.38. The van der Waals surface area contributed by atoms with Crippen molar-refractivity contribution in [3.05, 3.63) is 0 Å². The Morgan fingerprint density at radius 2 is 1.80 bits per heavy atom. The van der Waals surface area contributed by atoms with E-state index in [4.69, 9.17) is 0 Å². The highest BCUT2D eigenvalue weighted by molar-refractivity contribution is 7.88. The summed E-state index contributed by atoms with van der Waals surface area (Å²) in [5.74, 6) is -0.168. The maximum absolute atomic E-state index is 12.0. The van der Waals surface area contributed by atoms with E-state index in [-0.39, 0.29) is 18.5 Å². The fourth-order valence-electron chi connectivity index (χ4n) is 2.55. The molecule has 0 saturated heterocycles. The summed E-state index contributed by atoms with van der Waals surface area (Å²) in [5.41, 5.74) is 0. The summed E-state index contributed by atoms with van der Waals surface area (Å²) in [5, 5.41) is 2.99. The Labute approximate surface area is 123 Å². The third kappa shape index (κ3) is 6.70. The van der Waals surface area contributed by atoms with Gasteiger partial charge in [0, 0.05) is 12.6 Å². The predicted octanol–water partition coefficient (Wildman–Crippen LogP) is 1.89. The second kappa shape index (κ2) is 8.62. The molecule has 0 unspecified atom stereocenters. The summed E-state index contributed by atoms with van der Waals surface area (Å²) >= 11 is 0. The van der Waals surface area contributed by atoms with Gasteiger partial charge >= 0.3 is 0 Å². The van der Waals surface area contributed by atoms with Crippen molar-refractivity contribution < 1.29 is 13.2 Å². The molecule has 0 aromatic heterocycles. The first kappa shape index (κ1) is 17.4. The quantitative estimate of drug-likeness (QED) is 0.730. The molecule has 20 heavy (non-hydrogen) atoms. The van der Waals surface area contributed by atoms with Crippen LogP contribution in [0.4, 0.5) is 0 Å². The van der Waals surface area contributed by atoms with Crippen LogP contribution in [0.5, 0.6) is 0 Å². The number of amides is 1. The Bertz CT molecular complexity index is 387. The average Bonchev–Trinajstić information content (AvgIpc) is 2.61. The number of rotatable bonds is 7. The standard InChI is InChI=1S/C14H28N2O3S/c1-3-4-11-16(20(2,18)19)12-14(17)15-13-9-7-5-6-8-10-13/h13H,3-12H2,1-2H3,(H,15,17). The summed E-state index contributed by atoms with van der Waals surface area (Å²) in [6, 6.07) is 0.220. The molecular weight excluding hydrogens is 276 g/mol. The molecule has 0 spiro atoms. The molecule has 118 valence electrons. The molecule has 1 amide bonds. The second-order valence-electron chi connectivity index (χ2n) is 5.71. The van der Waals surface area contributed by atoms with Gasteiger partial charge in [0.1, 0.15) is 0 Å². The van der Waals surface area contributed by atoms with Crippen LogP contribution in [-0.2, 0) is 14.8 Å². The first-order valence-electron chi connectivity index (χ1n) is 7.68. The van der Waals surface area contributed by atoms with Crippen molar-refractivity contribution in [2.75, 3.05) is 19.3 Å². The lowest BCUT2D eigenvalue weighted by molar-refractivity contribution is -0.122. The molecule has 0 atom stereocenters. The zero-order valence-electron chi connectivity index (χ0n) is 12.7. The molecule has 0 aromatic rings. The van der Waals surface area contributed by atoms with Gasteiger partial charge in [-0.1, -0.05) is 39.0 Å². The number of carbonyl (C=O) groups is 1. The fourth-order valence-corrected chi connectivity index (χ4v) is 3.37. The molecule has 1 N–H and O–H groups in total. The number of unbranched alkanes of at least 4 members (excludes halogenated alkanes) is 1. The van der Waals surface area contributed by atoms with Crippen molar-refractivity contribution in [2.24, 2.45) is 0 Å². The number of hydrogen-bond acceptors (Lipinski definition) is 3. The Balaban J connectivity index is 2.48. The van der Waals surface area contributed by atoms with Crippen LogP contribution < -0.4 is 5.32 Å². The zero-order valence-corrected chi connectivity index (χ0v) is 13.5. The van der Waals surface area contributed by atoms with Gasteiger partial charge in [0.25, 0.3) is 0 Å². The molecule has 0 aliphatic heterocycles. The zero-order chi connectivity index (χ0) is 15.0. The molecule has 1 aliphatic carbocycles. The van der Waals surface area contributed by atoms with Crippen LogP contribution >= 0.6 is 0 Å². The van der Waals surface area contributed by atoms with Crippen molar-refractivity contribution in [2.45, 2.75) is 64.3 Å². The molecule has 5 nitrogen and oxygen atoms in total. The van der Waals surface area contributed by atoms with Crippen LogP contribution in [0.25, 0.3) is 0 Å². The lowest BCUT2D eigenvalue weighted by Crippen LogP contribution is -2.44. The van der Waals surface area contributed by atoms with E-state index in [0.29, 0.717) is 6.54 Å². The van der Waals surface area contributed by atoms with Gasteiger partial charge in [0.15, 0.2) is 0 Å². The Kier molecular flexibility index (Phi) is 7.51. The number of nitrogens with one attached hydrogen (secondary N) is 1. The first-order chi connectivity index (χ1) is 9.43. The van der Waals surface area contributed by atoms with Crippen LogP contribution in [0.15, 0.2) is 0 Å². The third-order valence-electron chi connectivity index (χ3n) is 3.77. The predicted molar refractivity (Wildman–Crippen MR) is 81.0 cm³/mol. The van der Waals surface area contributed by atoms with E-state index < -0.39 is 10.0 Å². The van der Waals surface area contributed by atoms with Crippen molar-refractivity contribution in [3.63, 3.8) is 0 Å². The number of sulfonamides is 1. The minimum Gasteiger partial charge on any atom is -0.352 e. The average molecular weight is 304 g/mol. The summed E-state index contributed by atoms with van der Waals surface area (Å²) in [6.07, 6.45) is 9.66. The van der Waals surface area contributed by atoms with Crippen LogP contribution in [0.3, 0.4) is 0 Å². The number of carbonyl (C=O) groups excluding carboxylic acids is 1. The summed E-state index contributed by atoms with van der Waals surface area (Å²) in [7, 11) is -3.31. The number of hydrogen-bond donors (Lipinski definition) is 1. The van der Waals surface area contributed by atoms with Gasteiger partial charge < -0.3 is 5.32 Å². The fraction of sp³-hybridized carbons (Fsp3) is 0.929. The van der Waals surface area contributed by atoms with Gasteiger partial charge in [0.05, 0.1) is 12.8 Å². The van der Waals surface area contributed by atoms with E-state index in [9.17, 15) is 13.2 Å². The molecule has 1 aliphatic rings. The molecule has 1 saturated carbocycles. The van der Waals surface area contributed by atoms with Gasteiger partial charge in [-0.25, -0.2) is 8.42 Å². The molecule has 6 heteroatoms. The number of nitrogens with zero attached hydrogens (tertiary/aromatic N) is 1. The highest BCUT2D eigenvalue weighted by atomic mass is 32.2. The normalized spacial score (nSPS) is 17.9.